The van der Waals surface area contributed by atoms with Gasteiger partial charge in [-0.3, -0.25) is 0 Å². The Kier molecular flexibility index (Phi) is 4.08. The van der Waals surface area contributed by atoms with Crippen LogP contribution in [0, 0.1) is 11.7 Å². The molecule has 0 spiro atoms. The zero-order chi connectivity index (χ0) is 14.0. The summed E-state index contributed by atoms with van der Waals surface area (Å²) in [5.41, 5.74) is 0.260. The Labute approximate surface area is 113 Å². The molecule has 1 fully saturated rings. The van der Waals surface area contributed by atoms with Crippen molar-refractivity contribution >= 4 is 11.7 Å². The van der Waals surface area contributed by atoms with Gasteiger partial charge in [-0.25, -0.2) is 9.18 Å². The van der Waals surface area contributed by atoms with Crippen LogP contribution in [0.4, 0.5) is 10.1 Å². The van der Waals surface area contributed by atoms with E-state index in [0.717, 1.165) is 25.7 Å². The standard InChI is InChI=1S/C15H20FNO2/c1-10-6-8-11(9-7-10)17(2)14-12(15(18)19)4-3-5-13(14)16/h3-5,10-11H,6-9H2,1-2H3,(H,18,19). The summed E-state index contributed by atoms with van der Waals surface area (Å²) in [5.74, 6) is -0.823. The Bertz CT molecular complexity index is 467. The minimum Gasteiger partial charge on any atom is -0.478 e. The quantitative estimate of drug-likeness (QED) is 0.908. The van der Waals surface area contributed by atoms with Gasteiger partial charge in [-0.1, -0.05) is 13.0 Å². The van der Waals surface area contributed by atoms with E-state index in [-0.39, 0.29) is 17.3 Å². The molecule has 104 valence electrons. The first kappa shape index (κ1) is 13.8. The maximum atomic E-state index is 14.0. The number of halogens is 1. The molecule has 0 saturated heterocycles. The predicted octanol–water partition coefficient (Wildman–Crippen LogP) is 3.54. The Balaban J connectivity index is 2.28. The van der Waals surface area contributed by atoms with E-state index in [2.05, 4.69) is 6.92 Å². The van der Waals surface area contributed by atoms with Crippen LogP contribution in [0.3, 0.4) is 0 Å². The summed E-state index contributed by atoms with van der Waals surface area (Å²) in [6.45, 7) is 2.22. The molecule has 0 amide bonds. The van der Waals surface area contributed by atoms with E-state index < -0.39 is 11.8 Å². The van der Waals surface area contributed by atoms with Crippen molar-refractivity contribution < 1.29 is 14.3 Å². The second-order valence-corrected chi connectivity index (χ2v) is 5.47. The van der Waals surface area contributed by atoms with Crippen LogP contribution in [0.15, 0.2) is 18.2 Å². The van der Waals surface area contributed by atoms with E-state index in [0.29, 0.717) is 5.92 Å². The molecule has 19 heavy (non-hydrogen) atoms. The number of anilines is 1. The number of para-hydroxylation sites is 1. The third-order valence-electron chi connectivity index (χ3n) is 4.10. The van der Waals surface area contributed by atoms with E-state index in [4.69, 9.17) is 0 Å². The molecule has 1 aliphatic rings. The third-order valence-corrected chi connectivity index (χ3v) is 4.10. The molecule has 0 heterocycles. The number of carboxylic acid groups (broad SMARTS) is 1. The lowest BCUT2D eigenvalue weighted by molar-refractivity contribution is 0.0697. The lowest BCUT2D eigenvalue weighted by Crippen LogP contribution is -2.36. The van der Waals surface area contributed by atoms with Crippen LogP contribution in [0.1, 0.15) is 43.0 Å². The summed E-state index contributed by atoms with van der Waals surface area (Å²) in [5, 5.41) is 9.19. The van der Waals surface area contributed by atoms with Gasteiger partial charge in [0.15, 0.2) is 0 Å². The fourth-order valence-electron chi connectivity index (χ4n) is 2.86. The van der Waals surface area contributed by atoms with Crippen molar-refractivity contribution in [2.45, 2.75) is 38.6 Å². The van der Waals surface area contributed by atoms with Crippen molar-refractivity contribution in [1.82, 2.24) is 0 Å². The Hall–Kier alpha value is -1.58. The van der Waals surface area contributed by atoms with Crippen LogP contribution in [-0.4, -0.2) is 24.2 Å². The highest BCUT2D eigenvalue weighted by atomic mass is 19.1. The van der Waals surface area contributed by atoms with Crippen molar-refractivity contribution in [2.24, 2.45) is 5.92 Å². The van der Waals surface area contributed by atoms with Crippen molar-refractivity contribution in [2.75, 3.05) is 11.9 Å². The van der Waals surface area contributed by atoms with Gasteiger partial charge >= 0.3 is 5.97 Å². The Morgan fingerprint density at radius 1 is 1.32 bits per heavy atom. The summed E-state index contributed by atoms with van der Waals surface area (Å²) in [4.78, 5) is 13.0. The molecule has 1 aromatic rings. The number of carboxylic acids is 1. The van der Waals surface area contributed by atoms with Gasteiger partial charge < -0.3 is 10.0 Å². The van der Waals surface area contributed by atoms with Crippen molar-refractivity contribution in [3.8, 4) is 0 Å². The molecule has 1 aliphatic carbocycles. The van der Waals surface area contributed by atoms with Crippen LogP contribution >= 0.6 is 0 Å². The van der Waals surface area contributed by atoms with E-state index in [9.17, 15) is 14.3 Å². The van der Waals surface area contributed by atoms with Gasteiger partial charge in [-0.2, -0.15) is 0 Å². The first-order valence-corrected chi connectivity index (χ1v) is 6.75. The highest BCUT2D eigenvalue weighted by molar-refractivity contribution is 5.94. The maximum absolute atomic E-state index is 14.0. The van der Waals surface area contributed by atoms with Crippen LogP contribution in [0.5, 0.6) is 0 Å². The van der Waals surface area contributed by atoms with E-state index in [1.54, 1.807) is 7.05 Å². The summed E-state index contributed by atoms with van der Waals surface area (Å²) in [6.07, 6.45) is 4.22. The van der Waals surface area contributed by atoms with Crippen LogP contribution in [0.2, 0.25) is 0 Å². The van der Waals surface area contributed by atoms with Gasteiger partial charge in [0.2, 0.25) is 0 Å². The molecule has 1 saturated carbocycles. The van der Waals surface area contributed by atoms with Crippen molar-refractivity contribution in [1.29, 1.82) is 0 Å². The first-order chi connectivity index (χ1) is 9.00. The lowest BCUT2D eigenvalue weighted by atomic mass is 9.86. The fraction of sp³-hybridized carbons (Fsp3) is 0.533. The minimum atomic E-state index is -1.08. The number of nitrogens with zero attached hydrogens (tertiary/aromatic N) is 1. The van der Waals surface area contributed by atoms with Gasteiger partial charge in [0.25, 0.3) is 0 Å². The molecule has 1 aromatic carbocycles. The third kappa shape index (κ3) is 2.88. The number of hydrogen-bond donors (Lipinski definition) is 1. The van der Waals surface area contributed by atoms with Crippen LogP contribution in [0.25, 0.3) is 0 Å². The van der Waals surface area contributed by atoms with Gasteiger partial charge in [0, 0.05) is 13.1 Å². The van der Waals surface area contributed by atoms with Gasteiger partial charge in [-0.05, 0) is 43.7 Å². The number of benzene rings is 1. The van der Waals surface area contributed by atoms with Crippen molar-refractivity contribution in [3.63, 3.8) is 0 Å². The van der Waals surface area contributed by atoms with E-state index in [1.165, 1.54) is 18.2 Å². The monoisotopic (exact) mass is 265 g/mol. The smallest absolute Gasteiger partial charge is 0.337 e. The average molecular weight is 265 g/mol. The van der Waals surface area contributed by atoms with Crippen molar-refractivity contribution in [3.05, 3.63) is 29.6 Å². The van der Waals surface area contributed by atoms with Gasteiger partial charge in [0.05, 0.1) is 11.3 Å². The van der Waals surface area contributed by atoms with E-state index in [1.807, 2.05) is 4.90 Å². The summed E-state index contributed by atoms with van der Waals surface area (Å²) >= 11 is 0. The molecule has 0 aliphatic heterocycles. The van der Waals surface area contributed by atoms with Crippen LogP contribution in [-0.2, 0) is 0 Å². The summed E-state index contributed by atoms with van der Waals surface area (Å²) in [6, 6.07) is 4.46. The zero-order valence-corrected chi connectivity index (χ0v) is 11.4. The molecule has 0 aromatic heterocycles. The second-order valence-electron chi connectivity index (χ2n) is 5.47. The Morgan fingerprint density at radius 2 is 1.95 bits per heavy atom. The molecule has 0 radical (unpaired) electrons. The molecule has 4 heteroatoms. The average Bonchev–Trinajstić information content (AvgIpc) is 2.38. The second kappa shape index (κ2) is 5.59. The maximum Gasteiger partial charge on any atom is 0.337 e. The molecule has 0 atom stereocenters. The largest absolute Gasteiger partial charge is 0.478 e. The molecule has 1 N–H and O–H groups in total. The van der Waals surface area contributed by atoms with Gasteiger partial charge in [-0.15, -0.1) is 0 Å². The summed E-state index contributed by atoms with van der Waals surface area (Å²) in [7, 11) is 1.80. The molecule has 3 nitrogen and oxygen atoms in total. The lowest BCUT2D eigenvalue weighted by Gasteiger charge is -2.35. The molecule has 0 bridgehead atoms. The first-order valence-electron chi connectivity index (χ1n) is 6.75. The van der Waals surface area contributed by atoms with Crippen LogP contribution < -0.4 is 4.90 Å². The highest BCUT2D eigenvalue weighted by Crippen LogP contribution is 2.32. The molecule has 0 unspecified atom stereocenters. The zero-order valence-electron chi connectivity index (χ0n) is 11.4. The molecule has 2 rings (SSSR count). The number of rotatable bonds is 3. The minimum absolute atomic E-state index is 0.0427. The predicted molar refractivity (Wildman–Crippen MR) is 73.2 cm³/mol. The highest BCUT2D eigenvalue weighted by Gasteiger charge is 2.26. The molecular weight excluding hydrogens is 245 g/mol. The Morgan fingerprint density at radius 3 is 2.53 bits per heavy atom. The molecular formula is C15H20FNO2. The number of aromatic carboxylic acids is 1. The normalized spacial score (nSPS) is 23.1. The number of carbonyl (C=O) groups is 1. The summed E-state index contributed by atoms with van der Waals surface area (Å²) < 4.78 is 14.0. The fourth-order valence-corrected chi connectivity index (χ4v) is 2.86. The number of hydrogen-bond acceptors (Lipinski definition) is 2. The van der Waals surface area contributed by atoms with Gasteiger partial charge in [0.1, 0.15) is 5.82 Å². The SMILES string of the molecule is CC1CCC(N(C)c2c(F)cccc2C(=O)O)CC1. The topological polar surface area (TPSA) is 40.5 Å². The van der Waals surface area contributed by atoms with E-state index >= 15 is 0 Å².